The smallest absolute Gasteiger partial charge is 0.169 e. The Morgan fingerprint density at radius 1 is 1.22 bits per heavy atom. The highest BCUT2D eigenvalue weighted by atomic mass is 32.1. The number of aldehydes is 1. The second kappa shape index (κ2) is 5.64. The first kappa shape index (κ1) is 14.2. The van der Waals surface area contributed by atoms with Crippen LogP contribution in [0.1, 0.15) is 16.2 Å². The molecular weight excluding hydrogens is 326 g/mol. The molecule has 0 aliphatic carbocycles. The lowest BCUT2D eigenvalue weighted by atomic mass is 10.2. The number of pyridine rings is 2. The van der Waals surface area contributed by atoms with Crippen LogP contribution in [0, 0.1) is 6.92 Å². The van der Waals surface area contributed by atoms with Gasteiger partial charge in [0.15, 0.2) is 6.29 Å². The lowest BCUT2D eigenvalue weighted by molar-refractivity contribution is 0.112. The summed E-state index contributed by atoms with van der Waals surface area (Å²) >= 11 is 3.18. The quantitative estimate of drug-likeness (QED) is 0.513. The largest absolute Gasteiger partial charge is 0.296 e. The predicted molar refractivity (Wildman–Crippen MR) is 94.1 cm³/mol. The van der Waals surface area contributed by atoms with Crippen molar-refractivity contribution in [2.24, 2.45) is 0 Å². The van der Waals surface area contributed by atoms with E-state index >= 15 is 0 Å². The zero-order chi connectivity index (χ0) is 15.8. The van der Waals surface area contributed by atoms with Crippen LogP contribution in [0.3, 0.4) is 0 Å². The van der Waals surface area contributed by atoms with E-state index in [-0.39, 0.29) is 0 Å². The van der Waals surface area contributed by atoms with Gasteiger partial charge in [0.05, 0.1) is 16.3 Å². The summed E-state index contributed by atoms with van der Waals surface area (Å²) in [4.78, 5) is 25.6. The molecule has 0 atom stereocenters. The van der Waals surface area contributed by atoms with E-state index in [1.807, 2.05) is 36.6 Å². The molecule has 4 nitrogen and oxygen atoms in total. The van der Waals surface area contributed by atoms with Gasteiger partial charge in [0, 0.05) is 28.0 Å². The number of aromatic nitrogens is 3. The molecule has 0 bridgehead atoms. The van der Waals surface area contributed by atoms with Crippen molar-refractivity contribution in [2.45, 2.75) is 6.92 Å². The molecule has 0 fully saturated rings. The third-order valence-corrected chi connectivity index (χ3v) is 5.62. The van der Waals surface area contributed by atoms with Crippen LogP contribution in [-0.2, 0) is 0 Å². The van der Waals surface area contributed by atoms with Gasteiger partial charge in [-0.3, -0.25) is 9.78 Å². The van der Waals surface area contributed by atoms with Crippen molar-refractivity contribution in [2.75, 3.05) is 0 Å². The SMILES string of the molecule is Cc1nc(-c2cccnc2)sc1-c1cc2sccc2c(C=O)n1. The summed E-state index contributed by atoms with van der Waals surface area (Å²) in [7, 11) is 0. The maximum atomic E-state index is 11.3. The average Bonchev–Trinajstić information content (AvgIpc) is 3.21. The monoisotopic (exact) mass is 337 g/mol. The summed E-state index contributed by atoms with van der Waals surface area (Å²) in [6.07, 6.45) is 4.36. The highest BCUT2D eigenvalue weighted by Gasteiger charge is 2.15. The maximum Gasteiger partial charge on any atom is 0.169 e. The summed E-state index contributed by atoms with van der Waals surface area (Å²) in [5.41, 5.74) is 3.18. The van der Waals surface area contributed by atoms with Crippen LogP contribution in [0.4, 0.5) is 0 Å². The van der Waals surface area contributed by atoms with E-state index < -0.39 is 0 Å². The van der Waals surface area contributed by atoms with Gasteiger partial charge in [-0.15, -0.1) is 22.7 Å². The van der Waals surface area contributed by atoms with Crippen LogP contribution < -0.4 is 0 Å². The minimum Gasteiger partial charge on any atom is -0.296 e. The van der Waals surface area contributed by atoms with Gasteiger partial charge in [0.25, 0.3) is 0 Å². The van der Waals surface area contributed by atoms with Gasteiger partial charge < -0.3 is 0 Å². The first-order valence-corrected chi connectivity index (χ1v) is 8.67. The molecule has 23 heavy (non-hydrogen) atoms. The molecule has 0 spiro atoms. The van der Waals surface area contributed by atoms with Crippen LogP contribution in [0.25, 0.3) is 31.2 Å². The van der Waals surface area contributed by atoms with Gasteiger partial charge in [0.1, 0.15) is 10.7 Å². The Hall–Kier alpha value is -2.44. The van der Waals surface area contributed by atoms with Crippen LogP contribution in [0.2, 0.25) is 0 Å². The molecule has 0 unspecified atom stereocenters. The number of hydrogen-bond acceptors (Lipinski definition) is 6. The van der Waals surface area contributed by atoms with E-state index in [0.717, 1.165) is 43.2 Å². The number of thiazole rings is 1. The molecular formula is C17H11N3OS2. The Morgan fingerprint density at radius 2 is 2.13 bits per heavy atom. The molecule has 0 saturated heterocycles. The van der Waals surface area contributed by atoms with E-state index in [0.29, 0.717) is 5.69 Å². The van der Waals surface area contributed by atoms with Crippen molar-refractivity contribution >= 4 is 39.0 Å². The number of carbonyl (C=O) groups excluding carboxylic acids is 1. The molecule has 4 rings (SSSR count). The summed E-state index contributed by atoms with van der Waals surface area (Å²) in [5.74, 6) is 0. The van der Waals surface area contributed by atoms with Crippen LogP contribution in [0.5, 0.6) is 0 Å². The van der Waals surface area contributed by atoms with E-state index in [4.69, 9.17) is 0 Å². The van der Waals surface area contributed by atoms with Crippen molar-refractivity contribution in [1.29, 1.82) is 0 Å². The van der Waals surface area contributed by atoms with Crippen LogP contribution in [0.15, 0.2) is 42.0 Å². The van der Waals surface area contributed by atoms with Gasteiger partial charge in [-0.1, -0.05) is 0 Å². The van der Waals surface area contributed by atoms with Gasteiger partial charge in [0.2, 0.25) is 0 Å². The Labute approximate surface area is 140 Å². The zero-order valence-electron chi connectivity index (χ0n) is 12.2. The molecule has 6 heteroatoms. The Balaban J connectivity index is 1.88. The number of carbonyl (C=O) groups is 1. The predicted octanol–water partition coefficient (Wildman–Crippen LogP) is 4.60. The van der Waals surface area contributed by atoms with Crippen molar-refractivity contribution in [3.63, 3.8) is 0 Å². The topological polar surface area (TPSA) is 55.7 Å². The molecule has 0 saturated carbocycles. The number of rotatable bonds is 3. The minimum atomic E-state index is 0.481. The second-order valence-electron chi connectivity index (χ2n) is 5.02. The maximum absolute atomic E-state index is 11.3. The fourth-order valence-electron chi connectivity index (χ4n) is 2.44. The number of nitrogens with zero attached hydrogens (tertiary/aromatic N) is 3. The van der Waals surface area contributed by atoms with Crippen LogP contribution in [-0.4, -0.2) is 21.2 Å². The minimum absolute atomic E-state index is 0.481. The summed E-state index contributed by atoms with van der Waals surface area (Å²) in [5, 5.41) is 3.79. The molecule has 0 amide bonds. The van der Waals surface area contributed by atoms with Gasteiger partial charge in [-0.25, -0.2) is 9.97 Å². The third-order valence-electron chi connectivity index (χ3n) is 3.53. The Bertz CT molecular complexity index is 1010. The van der Waals surface area contributed by atoms with Crippen molar-refractivity contribution in [3.05, 3.63) is 53.4 Å². The molecule has 112 valence electrons. The molecule has 4 aromatic rings. The number of aryl methyl sites for hydroxylation is 1. The van der Waals surface area contributed by atoms with Crippen molar-refractivity contribution in [3.8, 4) is 21.1 Å². The highest BCUT2D eigenvalue weighted by Crippen LogP contribution is 2.36. The molecule has 4 aromatic heterocycles. The highest BCUT2D eigenvalue weighted by molar-refractivity contribution is 7.19. The average molecular weight is 337 g/mol. The summed E-state index contributed by atoms with van der Waals surface area (Å²) in [6, 6.07) is 7.84. The van der Waals surface area contributed by atoms with E-state index in [9.17, 15) is 4.79 Å². The molecule has 0 aromatic carbocycles. The first-order valence-electron chi connectivity index (χ1n) is 6.98. The second-order valence-corrected chi connectivity index (χ2v) is 6.97. The third kappa shape index (κ3) is 2.46. The van der Waals surface area contributed by atoms with Crippen molar-refractivity contribution in [1.82, 2.24) is 15.0 Å². The number of thiophene rings is 1. The lowest BCUT2D eigenvalue weighted by Crippen LogP contribution is -1.91. The lowest BCUT2D eigenvalue weighted by Gasteiger charge is -2.01. The van der Waals surface area contributed by atoms with Gasteiger partial charge >= 0.3 is 0 Å². The zero-order valence-corrected chi connectivity index (χ0v) is 13.8. The van der Waals surface area contributed by atoms with Gasteiger partial charge in [-0.05, 0) is 36.6 Å². The molecule has 0 aliphatic rings. The fraction of sp³-hybridized carbons (Fsp3) is 0.0588. The summed E-state index contributed by atoms with van der Waals surface area (Å²) < 4.78 is 1.06. The number of fused-ring (bicyclic) bond motifs is 1. The Morgan fingerprint density at radius 3 is 2.91 bits per heavy atom. The molecule has 0 aliphatic heterocycles. The standard InChI is InChI=1S/C17H11N3OS2/c1-10-16(23-17(19-10)11-3-2-5-18-8-11)13-7-15-12(4-6-22-15)14(9-21)20-13/h2-9H,1H3. The molecule has 0 N–H and O–H groups in total. The van der Waals surface area contributed by atoms with E-state index in [1.54, 1.807) is 35.1 Å². The van der Waals surface area contributed by atoms with Gasteiger partial charge in [-0.2, -0.15) is 0 Å². The van der Waals surface area contributed by atoms with Crippen LogP contribution >= 0.6 is 22.7 Å². The molecule has 4 heterocycles. The fourth-order valence-corrected chi connectivity index (χ4v) is 4.29. The Kier molecular flexibility index (Phi) is 3.48. The van der Waals surface area contributed by atoms with Crippen molar-refractivity contribution < 1.29 is 4.79 Å². The first-order chi connectivity index (χ1) is 11.3. The number of hydrogen-bond donors (Lipinski definition) is 0. The molecule has 0 radical (unpaired) electrons. The summed E-state index contributed by atoms with van der Waals surface area (Å²) in [6.45, 7) is 1.96. The van der Waals surface area contributed by atoms with E-state index in [2.05, 4.69) is 15.0 Å². The normalized spacial score (nSPS) is 11.0. The van der Waals surface area contributed by atoms with E-state index in [1.165, 1.54) is 0 Å².